The third-order valence-corrected chi connectivity index (χ3v) is 9.10. The maximum atomic E-state index is 12.6. The highest BCUT2D eigenvalue weighted by atomic mass is 19.4. The Kier molecular flexibility index (Phi) is 7.68. The average Bonchev–Trinajstić information content (AvgIpc) is 3.32. The van der Waals surface area contributed by atoms with Crippen molar-refractivity contribution in [3.05, 3.63) is 35.5 Å². The topological polar surface area (TPSA) is 52.9 Å². The minimum Gasteiger partial charge on any atom is -0.388 e. The molecule has 4 fully saturated rings. The molecular formula is C27H40F3NO3. The number of nitrogens with zero attached hydrogens (tertiary/aromatic N) is 1. The molecule has 0 amide bonds. The highest BCUT2D eigenvalue weighted by molar-refractivity contribution is 5.29. The Morgan fingerprint density at radius 3 is 2.56 bits per heavy atom. The maximum Gasteiger partial charge on any atom is 0.522 e. The monoisotopic (exact) mass is 483 g/mol. The fourth-order valence-corrected chi connectivity index (χ4v) is 7.42. The number of likely N-dealkylation sites (tertiary alicyclic amines) is 1. The second-order valence-corrected chi connectivity index (χ2v) is 11.4. The lowest BCUT2D eigenvalue weighted by atomic mass is 9.61. The van der Waals surface area contributed by atoms with Crippen LogP contribution in [0.25, 0.3) is 0 Å². The zero-order valence-electron chi connectivity index (χ0n) is 20.5. The Bertz CT molecular complexity index is 806. The van der Waals surface area contributed by atoms with Crippen molar-refractivity contribution in [1.82, 2.24) is 4.90 Å². The summed E-state index contributed by atoms with van der Waals surface area (Å²) in [6.45, 7) is 10.3. The van der Waals surface area contributed by atoms with Crippen molar-refractivity contribution in [2.45, 2.75) is 89.9 Å². The smallest absolute Gasteiger partial charge is 0.388 e. The zero-order valence-corrected chi connectivity index (χ0v) is 20.5. The first-order chi connectivity index (χ1) is 16.0. The molecule has 0 unspecified atom stereocenters. The Labute approximate surface area is 201 Å². The molecule has 1 saturated heterocycles. The van der Waals surface area contributed by atoms with Crippen LogP contribution >= 0.6 is 0 Å². The molecule has 4 nitrogen and oxygen atoms in total. The lowest BCUT2D eigenvalue weighted by molar-refractivity contribution is -0.340. The second kappa shape index (κ2) is 10.1. The van der Waals surface area contributed by atoms with Crippen LogP contribution in [0, 0.1) is 23.2 Å². The molecular weight excluding hydrogens is 443 g/mol. The minimum atomic E-state index is -4.56. The molecule has 3 saturated carbocycles. The summed E-state index contributed by atoms with van der Waals surface area (Å²) in [6.07, 6.45) is 4.97. The van der Waals surface area contributed by atoms with Gasteiger partial charge in [0.15, 0.2) is 0 Å². The molecule has 1 heterocycles. The van der Waals surface area contributed by atoms with Crippen LogP contribution in [-0.2, 0) is 4.74 Å². The van der Waals surface area contributed by atoms with Crippen LogP contribution in [0.4, 0.5) is 13.2 Å². The van der Waals surface area contributed by atoms with Gasteiger partial charge in [0, 0.05) is 19.6 Å². The molecule has 2 N–H and O–H groups in total. The van der Waals surface area contributed by atoms with Crippen LogP contribution in [0.3, 0.4) is 0 Å². The fourth-order valence-electron chi connectivity index (χ4n) is 7.42. The molecule has 7 atom stereocenters. The summed E-state index contributed by atoms with van der Waals surface area (Å²) in [5.41, 5.74) is 3.27. The van der Waals surface area contributed by atoms with E-state index in [9.17, 15) is 23.4 Å². The highest BCUT2D eigenvalue weighted by Crippen LogP contribution is 2.59. The van der Waals surface area contributed by atoms with Gasteiger partial charge < -0.3 is 15.1 Å². The highest BCUT2D eigenvalue weighted by Gasteiger charge is 2.51. The number of fused-ring (bicyclic) bond motifs is 1. The molecule has 192 valence electrons. The number of aliphatic hydroxyl groups excluding tert-OH is 2. The Morgan fingerprint density at radius 1 is 1.18 bits per heavy atom. The summed E-state index contributed by atoms with van der Waals surface area (Å²) in [4.78, 5) is 2.15. The predicted molar refractivity (Wildman–Crippen MR) is 126 cm³/mol. The molecule has 3 aliphatic carbocycles. The van der Waals surface area contributed by atoms with Gasteiger partial charge in [-0.1, -0.05) is 43.7 Å². The molecule has 34 heavy (non-hydrogen) atoms. The van der Waals surface area contributed by atoms with Gasteiger partial charge >= 0.3 is 6.36 Å². The molecule has 4 rings (SSSR count). The third-order valence-electron chi connectivity index (χ3n) is 9.10. The van der Waals surface area contributed by atoms with Gasteiger partial charge in [0.25, 0.3) is 0 Å². The van der Waals surface area contributed by atoms with Gasteiger partial charge in [-0.05, 0) is 80.1 Å². The van der Waals surface area contributed by atoms with Crippen molar-refractivity contribution in [3.63, 3.8) is 0 Å². The molecule has 4 aliphatic rings. The van der Waals surface area contributed by atoms with E-state index in [4.69, 9.17) is 0 Å². The maximum absolute atomic E-state index is 12.6. The number of ether oxygens (including phenoxy) is 1. The first-order valence-electron chi connectivity index (χ1n) is 12.9. The van der Waals surface area contributed by atoms with Crippen LogP contribution in [0.1, 0.15) is 65.2 Å². The summed E-state index contributed by atoms with van der Waals surface area (Å²) in [7, 11) is 0. The van der Waals surface area contributed by atoms with Crippen molar-refractivity contribution < 1.29 is 28.1 Å². The Morgan fingerprint density at radius 2 is 1.88 bits per heavy atom. The molecule has 0 bridgehead atoms. The quantitative estimate of drug-likeness (QED) is 0.516. The summed E-state index contributed by atoms with van der Waals surface area (Å²) < 4.78 is 42.0. The van der Waals surface area contributed by atoms with E-state index in [0.29, 0.717) is 55.7 Å². The van der Waals surface area contributed by atoms with Crippen LogP contribution in [0.15, 0.2) is 35.5 Å². The van der Waals surface area contributed by atoms with Crippen LogP contribution < -0.4 is 0 Å². The van der Waals surface area contributed by atoms with Gasteiger partial charge in [0.2, 0.25) is 0 Å². The van der Waals surface area contributed by atoms with E-state index in [0.717, 1.165) is 37.8 Å². The lowest BCUT2D eigenvalue weighted by Gasteiger charge is -2.45. The van der Waals surface area contributed by atoms with E-state index in [-0.39, 0.29) is 5.41 Å². The van der Waals surface area contributed by atoms with E-state index >= 15 is 0 Å². The number of alkyl halides is 3. The van der Waals surface area contributed by atoms with Crippen molar-refractivity contribution in [3.8, 4) is 0 Å². The fraction of sp³-hybridized carbons (Fsp3) is 0.778. The van der Waals surface area contributed by atoms with Crippen LogP contribution in [0.5, 0.6) is 0 Å². The third kappa shape index (κ3) is 5.63. The van der Waals surface area contributed by atoms with Gasteiger partial charge in [0.1, 0.15) is 0 Å². The number of rotatable bonds is 5. The second-order valence-electron chi connectivity index (χ2n) is 11.4. The first-order valence-corrected chi connectivity index (χ1v) is 12.9. The average molecular weight is 484 g/mol. The standard InChI is InChI=1S/C27H40F3NO3/c1-17(15-31-12-10-21(16-31)34-27(28,29)30)22-8-9-23-20(5-4-11-26(22,23)3)7-6-19-13-24(32)18(2)25(33)14-19/h6-7,17,21-25,32-33H,2,4-5,8-16H2,1,3H3/t17-,21+,22-,23+,24-,25+,26-/m1/s1. The number of halogens is 3. The van der Waals surface area contributed by atoms with Crippen LogP contribution in [-0.4, -0.2) is 59.4 Å². The summed E-state index contributed by atoms with van der Waals surface area (Å²) in [5, 5.41) is 20.3. The van der Waals surface area contributed by atoms with Gasteiger partial charge in [-0.2, -0.15) is 0 Å². The molecule has 0 aromatic heterocycles. The Hall–Kier alpha value is -1.15. The summed E-state index contributed by atoms with van der Waals surface area (Å²) in [5.74, 6) is 1.50. The van der Waals surface area contributed by atoms with E-state index in [1.54, 1.807) is 0 Å². The van der Waals surface area contributed by atoms with Gasteiger partial charge in [-0.15, -0.1) is 13.2 Å². The van der Waals surface area contributed by atoms with E-state index in [1.807, 2.05) is 0 Å². The van der Waals surface area contributed by atoms with Crippen molar-refractivity contribution in [2.24, 2.45) is 23.2 Å². The lowest BCUT2D eigenvalue weighted by Crippen LogP contribution is -2.39. The van der Waals surface area contributed by atoms with E-state index < -0.39 is 24.7 Å². The SMILES string of the molecule is C=C1[C@H](O)CC(=CC=C2CCC[C@]3(C)[C@@H]([C@H](C)CN4CC[C@H](OC(F)(F)F)C4)CC[C@@H]23)C[C@@H]1O. The summed E-state index contributed by atoms with van der Waals surface area (Å²) >= 11 is 0. The molecule has 0 aromatic rings. The number of allylic oxidation sites excluding steroid dienone is 3. The van der Waals surface area contributed by atoms with E-state index in [1.165, 1.54) is 12.0 Å². The zero-order chi connectivity index (χ0) is 24.7. The molecule has 0 radical (unpaired) electrons. The van der Waals surface area contributed by atoms with Crippen molar-refractivity contribution >= 4 is 0 Å². The van der Waals surface area contributed by atoms with Gasteiger partial charge in [-0.25, -0.2) is 0 Å². The first kappa shape index (κ1) is 25.9. The van der Waals surface area contributed by atoms with Gasteiger partial charge in [-0.3, -0.25) is 4.74 Å². The van der Waals surface area contributed by atoms with Gasteiger partial charge in [0.05, 0.1) is 18.3 Å². The minimum absolute atomic E-state index is 0.212. The summed E-state index contributed by atoms with van der Waals surface area (Å²) in [6, 6.07) is 0. The number of hydrogen-bond donors (Lipinski definition) is 2. The Balaban J connectivity index is 1.39. The van der Waals surface area contributed by atoms with Crippen molar-refractivity contribution in [2.75, 3.05) is 19.6 Å². The largest absolute Gasteiger partial charge is 0.522 e. The van der Waals surface area contributed by atoms with Crippen molar-refractivity contribution in [1.29, 1.82) is 0 Å². The predicted octanol–water partition coefficient (Wildman–Crippen LogP) is 5.37. The van der Waals surface area contributed by atoms with Crippen LogP contribution in [0.2, 0.25) is 0 Å². The number of hydrogen-bond acceptors (Lipinski definition) is 4. The normalized spacial score (nSPS) is 40.8. The molecule has 0 spiro atoms. The molecule has 7 heteroatoms. The van der Waals surface area contributed by atoms with E-state index in [2.05, 4.69) is 42.2 Å². The molecule has 0 aromatic carbocycles. The number of aliphatic hydroxyl groups is 2. The molecule has 1 aliphatic heterocycles.